The first-order chi connectivity index (χ1) is 16.3. The number of aromatic amines is 1. The molecule has 1 saturated heterocycles. The minimum Gasteiger partial charge on any atom is -0.354 e. The molecule has 1 fully saturated rings. The summed E-state index contributed by atoms with van der Waals surface area (Å²) in [6.45, 7) is 8.81. The second kappa shape index (κ2) is 8.87. The number of H-pyrrole nitrogens is 1. The highest BCUT2D eigenvalue weighted by Crippen LogP contribution is 2.39. The third-order valence-electron chi connectivity index (χ3n) is 7.20. The zero-order valence-corrected chi connectivity index (χ0v) is 20.8. The van der Waals surface area contributed by atoms with Crippen LogP contribution in [0.4, 0.5) is 0 Å². The highest BCUT2D eigenvalue weighted by molar-refractivity contribution is 5.92. The number of likely N-dealkylation sites (tertiary alicyclic amines) is 1. The van der Waals surface area contributed by atoms with E-state index in [0.29, 0.717) is 18.4 Å². The van der Waals surface area contributed by atoms with Crippen LogP contribution in [0.2, 0.25) is 0 Å². The second-order valence-corrected chi connectivity index (χ2v) is 10.2. The summed E-state index contributed by atoms with van der Waals surface area (Å²) in [6.07, 6.45) is 3.81. The molecule has 0 unspecified atom stereocenters. The number of hydrogen-bond donors (Lipinski definition) is 1. The van der Waals surface area contributed by atoms with E-state index in [1.807, 2.05) is 34.4 Å². The van der Waals surface area contributed by atoms with Crippen LogP contribution < -0.4 is 0 Å². The number of pyridine rings is 1. The summed E-state index contributed by atoms with van der Waals surface area (Å²) in [5.74, 6) is 1.10. The Kier molecular flexibility index (Phi) is 5.90. The number of nitrogens with zero attached hydrogens (tertiary/aromatic N) is 5. The number of aromatic nitrogens is 4. The van der Waals surface area contributed by atoms with Gasteiger partial charge in [0.1, 0.15) is 6.33 Å². The number of hydrogen-bond acceptors (Lipinski definition) is 4. The number of carbonyl (C=O) groups is 1. The van der Waals surface area contributed by atoms with Crippen molar-refractivity contribution in [3.63, 3.8) is 0 Å². The zero-order chi connectivity index (χ0) is 24.0. The molecule has 178 valence electrons. The van der Waals surface area contributed by atoms with Crippen LogP contribution in [0.25, 0.3) is 27.8 Å². The molecule has 4 heterocycles. The van der Waals surface area contributed by atoms with Gasteiger partial charge in [-0.05, 0) is 81.1 Å². The first-order valence-electron chi connectivity index (χ1n) is 12.2. The predicted molar refractivity (Wildman–Crippen MR) is 136 cm³/mol. The van der Waals surface area contributed by atoms with E-state index in [4.69, 9.17) is 0 Å². The lowest BCUT2D eigenvalue weighted by molar-refractivity contribution is -0.132. The molecular weight excluding hydrogens is 424 g/mol. The smallest absolute Gasteiger partial charge is 0.236 e. The minimum absolute atomic E-state index is 0.233. The molecule has 1 aliphatic rings. The molecule has 3 aromatic heterocycles. The van der Waals surface area contributed by atoms with Crippen molar-refractivity contribution in [3.8, 4) is 11.3 Å². The summed E-state index contributed by atoms with van der Waals surface area (Å²) in [5, 5.41) is 9.55. The van der Waals surface area contributed by atoms with Crippen LogP contribution in [-0.4, -0.2) is 69.0 Å². The molecule has 0 spiro atoms. The molecule has 1 N–H and O–H groups in total. The Bertz CT molecular complexity index is 1340. The van der Waals surface area contributed by atoms with E-state index in [2.05, 4.69) is 60.2 Å². The number of amides is 1. The Labute approximate surface area is 200 Å². The highest BCUT2D eigenvalue weighted by atomic mass is 16.2. The number of nitrogens with one attached hydrogen (secondary N) is 1. The van der Waals surface area contributed by atoms with E-state index < -0.39 is 0 Å². The second-order valence-electron chi connectivity index (χ2n) is 10.2. The van der Waals surface area contributed by atoms with Gasteiger partial charge in [-0.2, -0.15) is 0 Å². The van der Waals surface area contributed by atoms with E-state index >= 15 is 0 Å². The van der Waals surface area contributed by atoms with Crippen molar-refractivity contribution in [1.29, 1.82) is 0 Å². The van der Waals surface area contributed by atoms with Gasteiger partial charge in [0.25, 0.3) is 0 Å². The maximum Gasteiger partial charge on any atom is 0.236 e. The first-order valence-corrected chi connectivity index (χ1v) is 12.2. The fraction of sp³-hybridized carbons (Fsp3) is 0.444. The molecule has 0 bridgehead atoms. The molecule has 1 aliphatic heterocycles. The summed E-state index contributed by atoms with van der Waals surface area (Å²) < 4.78 is 2.04. The predicted octanol–water partition coefficient (Wildman–Crippen LogP) is 4.58. The Morgan fingerprint density at radius 2 is 1.94 bits per heavy atom. The van der Waals surface area contributed by atoms with Gasteiger partial charge in [-0.15, -0.1) is 10.2 Å². The van der Waals surface area contributed by atoms with Crippen molar-refractivity contribution in [2.45, 2.75) is 45.4 Å². The van der Waals surface area contributed by atoms with E-state index in [1.165, 1.54) is 33.3 Å². The number of carbonyl (C=O) groups excluding carboxylic acids is 1. The average Bonchev–Trinajstić information content (AvgIpc) is 3.43. The molecular formula is C27H34N6O. The highest BCUT2D eigenvalue weighted by Gasteiger charge is 2.25. The summed E-state index contributed by atoms with van der Waals surface area (Å²) in [5.41, 5.74) is 8.26. The summed E-state index contributed by atoms with van der Waals surface area (Å²) in [4.78, 5) is 20.1. The van der Waals surface area contributed by atoms with Crippen LogP contribution in [-0.2, 0) is 4.79 Å². The molecule has 7 nitrogen and oxygen atoms in total. The monoisotopic (exact) mass is 458 g/mol. The van der Waals surface area contributed by atoms with Gasteiger partial charge in [0, 0.05) is 35.2 Å². The lowest BCUT2D eigenvalue weighted by Crippen LogP contribution is -2.42. The summed E-state index contributed by atoms with van der Waals surface area (Å²) in [6, 6.07) is 11.1. The van der Waals surface area contributed by atoms with Gasteiger partial charge < -0.3 is 14.8 Å². The fourth-order valence-corrected chi connectivity index (χ4v) is 5.42. The van der Waals surface area contributed by atoms with E-state index in [-0.39, 0.29) is 5.91 Å². The lowest BCUT2D eigenvalue weighted by Gasteiger charge is -2.33. The maximum atomic E-state index is 12.4. The van der Waals surface area contributed by atoms with Crippen molar-refractivity contribution in [1.82, 2.24) is 29.4 Å². The molecule has 0 atom stereocenters. The number of rotatable bonds is 5. The SMILES string of the molecule is Cc1c(-c2[nH]c3ccc(C4CCN(C(=O)CN(C)C)CC4)cc3c2C(C)C)ccc2nncn12. The Hall–Kier alpha value is -3.19. The molecule has 0 radical (unpaired) electrons. The van der Waals surface area contributed by atoms with Crippen molar-refractivity contribution in [3.05, 3.63) is 53.5 Å². The van der Waals surface area contributed by atoms with Crippen LogP contribution in [0.5, 0.6) is 0 Å². The molecule has 7 heteroatoms. The minimum atomic E-state index is 0.233. The van der Waals surface area contributed by atoms with Gasteiger partial charge in [0.15, 0.2) is 5.65 Å². The fourth-order valence-electron chi connectivity index (χ4n) is 5.42. The maximum absolute atomic E-state index is 12.4. The van der Waals surface area contributed by atoms with Gasteiger partial charge >= 0.3 is 0 Å². The quantitative estimate of drug-likeness (QED) is 0.475. The number of benzene rings is 1. The van der Waals surface area contributed by atoms with Crippen molar-refractivity contribution in [2.24, 2.45) is 0 Å². The van der Waals surface area contributed by atoms with Crippen LogP contribution in [0, 0.1) is 6.92 Å². The average molecular weight is 459 g/mol. The summed E-state index contributed by atoms with van der Waals surface area (Å²) in [7, 11) is 3.90. The van der Waals surface area contributed by atoms with Crippen molar-refractivity contribution < 1.29 is 4.79 Å². The van der Waals surface area contributed by atoms with Crippen LogP contribution in [0.1, 0.15) is 55.3 Å². The normalized spacial score (nSPS) is 15.3. The molecule has 0 aliphatic carbocycles. The molecule has 0 saturated carbocycles. The zero-order valence-electron chi connectivity index (χ0n) is 20.8. The number of likely N-dealkylation sites (N-methyl/N-ethyl adjacent to an activating group) is 1. The molecule has 34 heavy (non-hydrogen) atoms. The lowest BCUT2D eigenvalue weighted by atomic mass is 9.87. The third-order valence-corrected chi connectivity index (χ3v) is 7.20. The van der Waals surface area contributed by atoms with Crippen LogP contribution in [0.3, 0.4) is 0 Å². The summed E-state index contributed by atoms with van der Waals surface area (Å²) >= 11 is 0. The van der Waals surface area contributed by atoms with Gasteiger partial charge in [-0.1, -0.05) is 19.9 Å². The Balaban J connectivity index is 1.47. The van der Waals surface area contributed by atoms with Crippen LogP contribution in [0.15, 0.2) is 36.7 Å². The van der Waals surface area contributed by atoms with Gasteiger partial charge in [-0.3, -0.25) is 9.20 Å². The molecule has 1 amide bonds. The van der Waals surface area contributed by atoms with Crippen molar-refractivity contribution >= 4 is 22.5 Å². The molecule has 4 aromatic rings. The number of aryl methyl sites for hydroxylation is 1. The van der Waals surface area contributed by atoms with E-state index in [9.17, 15) is 4.79 Å². The number of fused-ring (bicyclic) bond motifs is 2. The molecule has 1 aromatic carbocycles. The number of piperidine rings is 1. The van der Waals surface area contributed by atoms with Crippen LogP contribution >= 0.6 is 0 Å². The van der Waals surface area contributed by atoms with Gasteiger partial charge in [-0.25, -0.2) is 0 Å². The molecule has 5 rings (SSSR count). The Morgan fingerprint density at radius 3 is 2.65 bits per heavy atom. The van der Waals surface area contributed by atoms with Gasteiger partial charge in [0.05, 0.1) is 12.2 Å². The Morgan fingerprint density at radius 1 is 1.18 bits per heavy atom. The third kappa shape index (κ3) is 3.98. The topological polar surface area (TPSA) is 69.5 Å². The first kappa shape index (κ1) is 22.6. The van der Waals surface area contributed by atoms with E-state index in [0.717, 1.165) is 37.3 Å². The van der Waals surface area contributed by atoms with Gasteiger partial charge in [0.2, 0.25) is 5.91 Å². The largest absolute Gasteiger partial charge is 0.354 e. The standard InChI is InChI=1S/C27H34N6O/c1-17(2)26-22-14-20(19-10-12-32(13-11-19)25(34)15-31(4)5)6-8-23(22)29-27(26)21-7-9-24-30-28-16-33(24)18(21)3/h6-9,14,16-17,19,29H,10-13,15H2,1-5H3. The van der Waals surface area contributed by atoms with E-state index in [1.54, 1.807) is 6.33 Å². The van der Waals surface area contributed by atoms with Crippen molar-refractivity contribution in [2.75, 3.05) is 33.7 Å².